The van der Waals surface area contributed by atoms with Crippen LogP contribution in [0.2, 0.25) is 0 Å². The molecule has 2 heterocycles. The monoisotopic (exact) mass is 496 g/mol. The summed E-state index contributed by atoms with van der Waals surface area (Å²) in [5.74, 6) is -0.559. The summed E-state index contributed by atoms with van der Waals surface area (Å²) in [5.41, 5.74) is 4.25. The van der Waals surface area contributed by atoms with Crippen LogP contribution in [0.5, 0.6) is 11.5 Å². The number of aryl methyl sites for hydroxylation is 1. The van der Waals surface area contributed by atoms with Gasteiger partial charge < -0.3 is 24.5 Å². The van der Waals surface area contributed by atoms with E-state index in [0.29, 0.717) is 29.0 Å². The number of para-hydroxylation sites is 1. The van der Waals surface area contributed by atoms with E-state index in [2.05, 4.69) is 4.98 Å². The molecule has 1 saturated heterocycles. The van der Waals surface area contributed by atoms with E-state index in [4.69, 9.17) is 9.47 Å². The van der Waals surface area contributed by atoms with Crippen molar-refractivity contribution in [3.8, 4) is 11.5 Å². The van der Waals surface area contributed by atoms with Crippen LogP contribution < -0.4 is 9.47 Å². The molecule has 1 amide bonds. The van der Waals surface area contributed by atoms with E-state index in [1.54, 1.807) is 37.4 Å². The molecule has 7 heteroatoms. The molecule has 0 bridgehead atoms. The number of likely N-dealkylation sites (tertiary alicyclic amines) is 1. The number of hydrogen-bond acceptors (Lipinski definition) is 5. The SMILES string of the molecule is COc1ccc([C@@H]2C(=C(O)c3ccc(C)cc3)C(=O)C(=O)N2CCc2c[nH]c3ccccc23)cc1OC. The molecule has 1 aromatic heterocycles. The summed E-state index contributed by atoms with van der Waals surface area (Å²) in [4.78, 5) is 31.5. The fourth-order valence-corrected chi connectivity index (χ4v) is 4.93. The number of rotatable bonds is 7. The van der Waals surface area contributed by atoms with Crippen molar-refractivity contribution in [1.82, 2.24) is 9.88 Å². The van der Waals surface area contributed by atoms with E-state index in [0.717, 1.165) is 22.0 Å². The number of aromatic amines is 1. The first kappa shape index (κ1) is 24.2. The number of hydrogen-bond donors (Lipinski definition) is 2. The molecule has 1 aliphatic heterocycles. The highest BCUT2D eigenvalue weighted by Gasteiger charge is 2.46. The summed E-state index contributed by atoms with van der Waals surface area (Å²) in [6.45, 7) is 2.23. The van der Waals surface area contributed by atoms with E-state index in [9.17, 15) is 14.7 Å². The lowest BCUT2D eigenvalue weighted by molar-refractivity contribution is -0.139. The van der Waals surface area contributed by atoms with Crippen LogP contribution in [0.4, 0.5) is 0 Å². The molecule has 1 atom stereocenters. The Kier molecular flexibility index (Phi) is 6.44. The number of methoxy groups -OCH3 is 2. The van der Waals surface area contributed by atoms with Gasteiger partial charge >= 0.3 is 0 Å². The largest absolute Gasteiger partial charge is 0.507 e. The van der Waals surface area contributed by atoms with Gasteiger partial charge in [0.1, 0.15) is 5.76 Å². The number of nitrogens with zero attached hydrogens (tertiary/aromatic N) is 1. The van der Waals surface area contributed by atoms with Gasteiger partial charge in [0, 0.05) is 29.2 Å². The van der Waals surface area contributed by atoms with E-state index in [-0.39, 0.29) is 17.9 Å². The Labute approximate surface area is 214 Å². The summed E-state index contributed by atoms with van der Waals surface area (Å²) >= 11 is 0. The average Bonchev–Trinajstić information content (AvgIpc) is 3.45. The van der Waals surface area contributed by atoms with Crippen molar-refractivity contribution in [2.45, 2.75) is 19.4 Å². The number of carbonyl (C=O) groups is 2. The van der Waals surface area contributed by atoms with Gasteiger partial charge in [-0.05, 0) is 42.7 Å². The molecule has 0 saturated carbocycles. The number of aliphatic hydroxyl groups excluding tert-OH is 1. The normalized spacial score (nSPS) is 16.9. The number of benzene rings is 3. The Morgan fingerprint density at radius 2 is 1.70 bits per heavy atom. The minimum absolute atomic E-state index is 0.0556. The number of aliphatic hydroxyl groups is 1. The first-order valence-corrected chi connectivity index (χ1v) is 12.0. The molecule has 0 spiro atoms. The standard InChI is InChI=1S/C30H28N2O5/c1-18-8-10-19(11-9-18)28(33)26-27(20-12-13-24(36-2)25(16-20)37-3)32(30(35)29(26)34)15-14-21-17-31-23-7-5-4-6-22(21)23/h4-13,16-17,27,31,33H,14-15H2,1-3H3/t27-/m1/s1. The van der Waals surface area contributed by atoms with Gasteiger partial charge in [0.25, 0.3) is 11.7 Å². The molecule has 4 aromatic rings. The van der Waals surface area contributed by atoms with Gasteiger partial charge in [-0.2, -0.15) is 0 Å². The molecular formula is C30H28N2O5. The third kappa shape index (κ3) is 4.33. The number of ether oxygens (including phenoxy) is 2. The van der Waals surface area contributed by atoms with Gasteiger partial charge in [0.2, 0.25) is 0 Å². The van der Waals surface area contributed by atoms with Gasteiger partial charge in [0.15, 0.2) is 11.5 Å². The molecule has 0 radical (unpaired) electrons. The lowest BCUT2D eigenvalue weighted by Gasteiger charge is -2.26. The highest BCUT2D eigenvalue weighted by molar-refractivity contribution is 6.46. The van der Waals surface area contributed by atoms with Crippen LogP contribution in [0.3, 0.4) is 0 Å². The summed E-state index contributed by atoms with van der Waals surface area (Å²) in [6.07, 6.45) is 2.46. The van der Waals surface area contributed by atoms with Crippen molar-refractivity contribution in [3.63, 3.8) is 0 Å². The topological polar surface area (TPSA) is 91.9 Å². The molecule has 0 aliphatic carbocycles. The van der Waals surface area contributed by atoms with E-state index in [1.807, 2.05) is 49.5 Å². The molecule has 188 valence electrons. The molecule has 7 nitrogen and oxygen atoms in total. The zero-order valence-corrected chi connectivity index (χ0v) is 20.9. The fourth-order valence-electron chi connectivity index (χ4n) is 4.93. The van der Waals surface area contributed by atoms with Crippen LogP contribution in [0.15, 0.2) is 78.5 Å². The van der Waals surface area contributed by atoms with Crippen LogP contribution in [0.1, 0.15) is 28.3 Å². The number of ketones is 1. The number of H-pyrrole nitrogens is 1. The summed E-state index contributed by atoms with van der Waals surface area (Å²) in [5, 5.41) is 12.4. The number of amides is 1. The molecule has 1 aliphatic rings. The Bertz CT molecular complexity index is 1520. The molecule has 0 unspecified atom stereocenters. The van der Waals surface area contributed by atoms with Crippen molar-refractivity contribution in [3.05, 3.63) is 101 Å². The van der Waals surface area contributed by atoms with Gasteiger partial charge in [-0.3, -0.25) is 9.59 Å². The summed E-state index contributed by atoms with van der Waals surface area (Å²) < 4.78 is 10.9. The maximum absolute atomic E-state index is 13.4. The van der Waals surface area contributed by atoms with Crippen molar-refractivity contribution in [2.75, 3.05) is 20.8 Å². The second-order valence-electron chi connectivity index (χ2n) is 9.08. The second kappa shape index (κ2) is 9.85. The minimum Gasteiger partial charge on any atom is -0.507 e. The minimum atomic E-state index is -0.786. The number of nitrogens with one attached hydrogen (secondary N) is 1. The Morgan fingerprint density at radius 3 is 2.43 bits per heavy atom. The number of Topliss-reactive ketones (excluding diaryl/α,β-unsaturated/α-hetero) is 1. The average molecular weight is 497 g/mol. The third-order valence-electron chi connectivity index (χ3n) is 6.89. The number of carbonyl (C=O) groups excluding carboxylic acids is 2. The Hall–Kier alpha value is -4.52. The van der Waals surface area contributed by atoms with Crippen molar-refractivity contribution < 1.29 is 24.2 Å². The lowest BCUT2D eigenvalue weighted by Crippen LogP contribution is -2.31. The smallest absolute Gasteiger partial charge is 0.295 e. The molecule has 1 fully saturated rings. The van der Waals surface area contributed by atoms with Crippen LogP contribution in [0, 0.1) is 6.92 Å². The van der Waals surface area contributed by atoms with Gasteiger partial charge in [-0.15, -0.1) is 0 Å². The maximum Gasteiger partial charge on any atom is 0.295 e. The zero-order chi connectivity index (χ0) is 26.1. The van der Waals surface area contributed by atoms with Crippen molar-refractivity contribution >= 4 is 28.4 Å². The van der Waals surface area contributed by atoms with E-state index in [1.165, 1.54) is 12.0 Å². The molecule has 3 aromatic carbocycles. The van der Waals surface area contributed by atoms with E-state index < -0.39 is 17.7 Å². The van der Waals surface area contributed by atoms with Crippen LogP contribution in [-0.2, 0) is 16.0 Å². The Balaban J connectivity index is 1.60. The molecule has 5 rings (SSSR count). The lowest BCUT2D eigenvalue weighted by atomic mass is 9.94. The van der Waals surface area contributed by atoms with Gasteiger partial charge in [0.05, 0.1) is 25.8 Å². The van der Waals surface area contributed by atoms with Crippen molar-refractivity contribution in [2.24, 2.45) is 0 Å². The van der Waals surface area contributed by atoms with Crippen LogP contribution in [0.25, 0.3) is 16.7 Å². The van der Waals surface area contributed by atoms with E-state index >= 15 is 0 Å². The fraction of sp³-hybridized carbons (Fsp3) is 0.200. The molecule has 2 N–H and O–H groups in total. The third-order valence-corrected chi connectivity index (χ3v) is 6.89. The highest BCUT2D eigenvalue weighted by Crippen LogP contribution is 2.42. The maximum atomic E-state index is 13.4. The van der Waals surface area contributed by atoms with Crippen LogP contribution in [-0.4, -0.2) is 47.4 Å². The van der Waals surface area contributed by atoms with Gasteiger partial charge in [-0.1, -0.05) is 54.1 Å². The zero-order valence-electron chi connectivity index (χ0n) is 20.9. The predicted molar refractivity (Wildman–Crippen MR) is 142 cm³/mol. The molecule has 37 heavy (non-hydrogen) atoms. The van der Waals surface area contributed by atoms with Gasteiger partial charge in [-0.25, -0.2) is 0 Å². The Morgan fingerprint density at radius 1 is 0.973 bits per heavy atom. The quantitative estimate of drug-likeness (QED) is 0.210. The highest BCUT2D eigenvalue weighted by atomic mass is 16.5. The first-order chi connectivity index (χ1) is 17.9. The number of fused-ring (bicyclic) bond motifs is 1. The van der Waals surface area contributed by atoms with Crippen molar-refractivity contribution in [1.29, 1.82) is 0 Å². The summed E-state index contributed by atoms with van der Waals surface area (Å²) in [6, 6.07) is 19.6. The second-order valence-corrected chi connectivity index (χ2v) is 9.08. The molecular weight excluding hydrogens is 468 g/mol. The summed E-state index contributed by atoms with van der Waals surface area (Å²) in [7, 11) is 3.07. The number of aromatic nitrogens is 1. The predicted octanol–water partition coefficient (Wildman–Crippen LogP) is 5.16. The first-order valence-electron chi connectivity index (χ1n) is 12.0. The van der Waals surface area contributed by atoms with Crippen LogP contribution >= 0.6 is 0 Å².